The molecule has 0 amide bonds. The van der Waals surface area contributed by atoms with E-state index in [1.807, 2.05) is 0 Å². The first kappa shape index (κ1) is 11.8. The maximum Gasteiger partial charge on any atom is 0.266 e. The maximum atomic E-state index is 12.5. The van der Waals surface area contributed by atoms with E-state index in [2.05, 4.69) is 4.98 Å². The maximum absolute atomic E-state index is 12.5. The second-order valence-corrected chi connectivity index (χ2v) is 3.75. The fraction of sp³-hybridized carbons (Fsp3) is 0.250. The molecule has 1 heterocycles. The lowest BCUT2D eigenvalue weighted by Crippen LogP contribution is -2.02. The number of carbonyl (C=O) groups excluding carboxylic acids is 1. The second kappa shape index (κ2) is 4.97. The summed E-state index contributed by atoms with van der Waals surface area (Å²) in [4.78, 5) is 14.1. The lowest BCUT2D eigenvalue weighted by molar-refractivity contribution is 0.111. The van der Waals surface area contributed by atoms with Crippen molar-refractivity contribution < 1.29 is 13.6 Å². The van der Waals surface area contributed by atoms with Crippen LogP contribution in [0.2, 0.25) is 0 Å². The molecule has 2 nitrogen and oxygen atoms in total. The van der Waals surface area contributed by atoms with Crippen LogP contribution in [0.25, 0.3) is 0 Å². The Morgan fingerprint density at radius 1 is 1.64 bits per heavy atom. The highest BCUT2D eigenvalue weighted by molar-refractivity contribution is 14.1. The Morgan fingerprint density at radius 3 is 2.71 bits per heavy atom. The van der Waals surface area contributed by atoms with Gasteiger partial charge in [0.15, 0.2) is 6.29 Å². The molecule has 0 aromatic carbocycles. The SMILES string of the molecule is O=Cc1cc(CCl)c(C(F)F)c(I)n1. The van der Waals surface area contributed by atoms with Gasteiger partial charge in [0.25, 0.3) is 6.43 Å². The topological polar surface area (TPSA) is 30.0 Å². The Labute approximate surface area is 97.8 Å². The molecule has 0 spiro atoms. The van der Waals surface area contributed by atoms with E-state index in [-0.39, 0.29) is 26.4 Å². The molecule has 0 atom stereocenters. The summed E-state index contributed by atoms with van der Waals surface area (Å²) in [6, 6.07) is 1.28. The second-order valence-electron chi connectivity index (χ2n) is 2.46. The number of rotatable bonds is 3. The Morgan fingerprint density at radius 2 is 2.29 bits per heavy atom. The molecule has 1 aromatic heterocycles. The molecule has 0 unspecified atom stereocenters. The molecular formula is C8H5ClF2INO. The number of nitrogens with zero attached hydrogens (tertiary/aromatic N) is 1. The van der Waals surface area contributed by atoms with E-state index in [0.29, 0.717) is 6.29 Å². The minimum atomic E-state index is -2.62. The summed E-state index contributed by atoms with van der Waals surface area (Å²) in [7, 11) is 0. The average Bonchev–Trinajstić information content (AvgIpc) is 2.15. The number of pyridine rings is 1. The van der Waals surface area contributed by atoms with Gasteiger partial charge in [-0.2, -0.15) is 0 Å². The number of aromatic nitrogens is 1. The first-order valence-corrected chi connectivity index (χ1v) is 5.20. The van der Waals surface area contributed by atoms with Crippen molar-refractivity contribution in [2.24, 2.45) is 0 Å². The van der Waals surface area contributed by atoms with Crippen molar-refractivity contribution in [3.05, 3.63) is 26.6 Å². The fourth-order valence-electron chi connectivity index (χ4n) is 0.996. The Hall–Kier alpha value is -0.300. The number of hydrogen-bond acceptors (Lipinski definition) is 2. The third-order valence-corrected chi connectivity index (χ3v) is 2.71. The molecule has 0 fully saturated rings. The number of carbonyl (C=O) groups is 1. The van der Waals surface area contributed by atoms with Crippen molar-refractivity contribution in [1.29, 1.82) is 0 Å². The van der Waals surface area contributed by atoms with Crippen LogP contribution in [0.1, 0.15) is 28.0 Å². The zero-order valence-corrected chi connectivity index (χ0v) is 9.72. The summed E-state index contributed by atoms with van der Waals surface area (Å²) >= 11 is 7.16. The summed E-state index contributed by atoms with van der Waals surface area (Å²) in [5.41, 5.74) is 0.184. The quantitative estimate of drug-likeness (QED) is 0.368. The zero-order chi connectivity index (χ0) is 10.7. The summed E-state index contributed by atoms with van der Waals surface area (Å²) < 4.78 is 25.2. The summed E-state index contributed by atoms with van der Waals surface area (Å²) in [6.45, 7) is 0. The monoisotopic (exact) mass is 331 g/mol. The van der Waals surface area contributed by atoms with Gasteiger partial charge in [0.05, 0.1) is 5.56 Å². The molecule has 1 aromatic rings. The zero-order valence-electron chi connectivity index (χ0n) is 6.81. The molecule has 0 saturated heterocycles. The molecule has 14 heavy (non-hydrogen) atoms. The normalized spacial score (nSPS) is 10.6. The molecule has 1 rings (SSSR count). The van der Waals surface area contributed by atoms with Crippen molar-refractivity contribution in [1.82, 2.24) is 4.98 Å². The van der Waals surface area contributed by atoms with Gasteiger partial charge >= 0.3 is 0 Å². The van der Waals surface area contributed by atoms with Crippen LogP contribution in [0.4, 0.5) is 8.78 Å². The van der Waals surface area contributed by atoms with Crippen molar-refractivity contribution in [3.8, 4) is 0 Å². The van der Waals surface area contributed by atoms with E-state index >= 15 is 0 Å². The van der Waals surface area contributed by atoms with Gasteiger partial charge in [-0.25, -0.2) is 13.8 Å². The van der Waals surface area contributed by atoms with Crippen LogP contribution < -0.4 is 0 Å². The Kier molecular flexibility index (Phi) is 4.18. The first-order valence-electron chi connectivity index (χ1n) is 3.58. The lowest BCUT2D eigenvalue weighted by Gasteiger charge is -2.08. The Balaban J connectivity index is 3.34. The van der Waals surface area contributed by atoms with Gasteiger partial charge in [-0.15, -0.1) is 11.6 Å². The number of aldehydes is 1. The summed E-state index contributed by atoms with van der Waals surface area (Å²) in [5.74, 6) is -0.0565. The molecule has 0 aliphatic rings. The van der Waals surface area contributed by atoms with E-state index < -0.39 is 6.43 Å². The number of alkyl halides is 3. The highest BCUT2D eigenvalue weighted by Gasteiger charge is 2.18. The van der Waals surface area contributed by atoms with Crippen molar-refractivity contribution in [2.75, 3.05) is 0 Å². The van der Waals surface area contributed by atoms with E-state index in [1.165, 1.54) is 6.07 Å². The standard InChI is InChI=1S/C8H5ClF2INO/c9-2-4-1-5(3-14)13-8(12)6(4)7(10)11/h1,3,7H,2H2. The van der Waals surface area contributed by atoms with Crippen LogP contribution in [0, 0.1) is 3.70 Å². The van der Waals surface area contributed by atoms with Gasteiger partial charge in [-0.1, -0.05) is 0 Å². The van der Waals surface area contributed by atoms with Gasteiger partial charge in [0.1, 0.15) is 9.39 Å². The molecule has 0 N–H and O–H groups in total. The molecule has 0 bridgehead atoms. The molecule has 0 aliphatic carbocycles. The van der Waals surface area contributed by atoms with Crippen LogP contribution in [-0.2, 0) is 5.88 Å². The highest BCUT2D eigenvalue weighted by atomic mass is 127. The Bertz CT molecular complexity index is 359. The minimum Gasteiger partial charge on any atom is -0.296 e. The average molecular weight is 331 g/mol. The minimum absolute atomic E-state index is 0.0565. The van der Waals surface area contributed by atoms with Gasteiger partial charge in [0.2, 0.25) is 0 Å². The van der Waals surface area contributed by atoms with Crippen molar-refractivity contribution in [2.45, 2.75) is 12.3 Å². The van der Waals surface area contributed by atoms with Crippen LogP contribution in [-0.4, -0.2) is 11.3 Å². The van der Waals surface area contributed by atoms with Gasteiger partial charge in [0, 0.05) is 5.88 Å². The third-order valence-electron chi connectivity index (χ3n) is 1.60. The lowest BCUT2D eigenvalue weighted by atomic mass is 10.1. The van der Waals surface area contributed by atoms with Crippen molar-refractivity contribution in [3.63, 3.8) is 0 Å². The van der Waals surface area contributed by atoms with Crippen LogP contribution in [0.5, 0.6) is 0 Å². The largest absolute Gasteiger partial charge is 0.296 e. The van der Waals surface area contributed by atoms with E-state index in [1.54, 1.807) is 22.6 Å². The highest BCUT2D eigenvalue weighted by Crippen LogP contribution is 2.28. The van der Waals surface area contributed by atoms with Crippen LogP contribution in [0.3, 0.4) is 0 Å². The van der Waals surface area contributed by atoms with Gasteiger partial charge in [-0.3, -0.25) is 4.79 Å². The predicted octanol–water partition coefficient (Wildman–Crippen LogP) is 3.18. The van der Waals surface area contributed by atoms with Gasteiger partial charge < -0.3 is 0 Å². The predicted molar refractivity (Wildman–Crippen MR) is 56.9 cm³/mol. The van der Waals surface area contributed by atoms with Crippen LogP contribution in [0.15, 0.2) is 6.07 Å². The molecule has 0 radical (unpaired) electrons. The smallest absolute Gasteiger partial charge is 0.266 e. The number of hydrogen-bond donors (Lipinski definition) is 0. The summed E-state index contributed by atoms with van der Waals surface area (Å²) in [5, 5.41) is 0. The van der Waals surface area contributed by atoms with Gasteiger partial charge in [-0.05, 0) is 34.2 Å². The van der Waals surface area contributed by atoms with Crippen LogP contribution >= 0.6 is 34.2 Å². The van der Waals surface area contributed by atoms with Crippen molar-refractivity contribution >= 4 is 40.5 Å². The molecule has 0 saturated carbocycles. The molecular weight excluding hydrogens is 326 g/mol. The molecule has 6 heteroatoms. The summed E-state index contributed by atoms with van der Waals surface area (Å²) in [6.07, 6.45) is -2.11. The third kappa shape index (κ3) is 2.38. The van der Waals surface area contributed by atoms with E-state index in [4.69, 9.17) is 11.6 Å². The molecule has 0 aliphatic heterocycles. The number of halogens is 4. The molecule has 76 valence electrons. The first-order chi connectivity index (χ1) is 6.60. The fourth-order valence-corrected chi connectivity index (χ4v) is 2.08. The van der Waals surface area contributed by atoms with E-state index in [9.17, 15) is 13.6 Å². The van der Waals surface area contributed by atoms with E-state index in [0.717, 1.165) is 0 Å².